The number of aromatic nitrogens is 2. The molecule has 1 heterocycles. The number of nitrogens with one attached hydrogen (secondary N) is 1. The minimum Gasteiger partial charge on any atom is -0.493 e. The summed E-state index contributed by atoms with van der Waals surface area (Å²) in [5, 5.41) is 21.7. The van der Waals surface area contributed by atoms with Crippen molar-refractivity contribution >= 4 is 35.1 Å². The topological polar surface area (TPSA) is 122 Å². The number of hydrogen-bond acceptors (Lipinski definition) is 5. The molecule has 0 bridgehead atoms. The molecule has 0 atom stereocenters. The molecule has 29 heavy (non-hydrogen) atoms. The number of carboxylic acid groups (broad SMARTS) is 1. The third-order valence-electron chi connectivity index (χ3n) is 4.79. The summed E-state index contributed by atoms with van der Waals surface area (Å²) in [4.78, 5) is 40.5. The minimum absolute atomic E-state index is 0.0868. The second kappa shape index (κ2) is 8.84. The zero-order chi connectivity index (χ0) is 21.1. The molecular weight excluding hydrogens is 421 g/mol. The lowest BCUT2D eigenvalue weighted by molar-refractivity contribution is -0.135. The number of carbonyl (C=O) groups is 2. The maximum atomic E-state index is 13.2. The number of aromatic hydroxyl groups is 1. The first kappa shape index (κ1) is 21.1. The number of carbonyl (C=O) groups excluding carboxylic acids is 1. The Morgan fingerprint density at radius 2 is 1.76 bits per heavy atom. The van der Waals surface area contributed by atoms with Gasteiger partial charge in [0.1, 0.15) is 12.4 Å². The molecule has 0 saturated heterocycles. The van der Waals surface area contributed by atoms with E-state index in [-0.39, 0.29) is 5.92 Å². The van der Waals surface area contributed by atoms with Gasteiger partial charge in [-0.2, -0.15) is 4.98 Å². The molecular formula is C19H19Cl2N3O5. The predicted molar refractivity (Wildman–Crippen MR) is 107 cm³/mol. The lowest BCUT2D eigenvalue weighted by Gasteiger charge is -2.25. The first-order valence-corrected chi connectivity index (χ1v) is 9.86. The van der Waals surface area contributed by atoms with Crippen molar-refractivity contribution in [3.8, 4) is 11.6 Å². The standard InChI is InChI=1S/C19H19Cl2N3O5/c20-11-6-12(21)8-13(7-11)24-16(10-4-2-1-3-5-10)23-18(28)15(19(24)29)17(27)22-9-14(25)26/h6-8,10,28H,1-5,9H2,(H,22,27)(H,25,26). The van der Waals surface area contributed by atoms with E-state index in [4.69, 9.17) is 28.3 Å². The summed E-state index contributed by atoms with van der Waals surface area (Å²) in [5.41, 5.74) is -1.14. The highest BCUT2D eigenvalue weighted by atomic mass is 35.5. The van der Waals surface area contributed by atoms with E-state index in [2.05, 4.69) is 10.3 Å². The van der Waals surface area contributed by atoms with E-state index in [1.165, 1.54) is 22.8 Å². The number of benzene rings is 1. The summed E-state index contributed by atoms with van der Waals surface area (Å²) in [6.45, 7) is -0.703. The van der Waals surface area contributed by atoms with Crippen molar-refractivity contribution in [3.63, 3.8) is 0 Å². The summed E-state index contributed by atoms with van der Waals surface area (Å²) in [6.07, 6.45) is 4.55. The molecule has 1 aliphatic carbocycles. The van der Waals surface area contributed by atoms with Crippen LogP contribution in [0.15, 0.2) is 23.0 Å². The summed E-state index contributed by atoms with van der Waals surface area (Å²) in [6, 6.07) is 4.53. The number of rotatable bonds is 5. The fourth-order valence-corrected chi connectivity index (χ4v) is 4.04. The fraction of sp³-hybridized carbons (Fsp3) is 0.368. The molecule has 3 N–H and O–H groups in total. The average molecular weight is 440 g/mol. The van der Waals surface area contributed by atoms with Crippen molar-refractivity contribution in [1.82, 2.24) is 14.9 Å². The van der Waals surface area contributed by atoms with E-state index in [1.807, 2.05) is 0 Å². The van der Waals surface area contributed by atoms with Crippen LogP contribution in [-0.4, -0.2) is 38.2 Å². The monoisotopic (exact) mass is 439 g/mol. The summed E-state index contributed by atoms with van der Waals surface area (Å²) < 4.78 is 1.23. The number of halogens is 2. The smallest absolute Gasteiger partial charge is 0.322 e. The highest BCUT2D eigenvalue weighted by Crippen LogP contribution is 2.34. The van der Waals surface area contributed by atoms with E-state index in [0.29, 0.717) is 21.6 Å². The summed E-state index contributed by atoms with van der Waals surface area (Å²) in [5.74, 6) is -2.81. The van der Waals surface area contributed by atoms with Crippen molar-refractivity contribution < 1.29 is 19.8 Å². The number of hydrogen-bond donors (Lipinski definition) is 3. The Hall–Kier alpha value is -2.58. The molecule has 2 aromatic rings. The molecule has 1 aromatic heterocycles. The van der Waals surface area contributed by atoms with E-state index in [1.54, 1.807) is 0 Å². The quantitative estimate of drug-likeness (QED) is 0.657. The van der Waals surface area contributed by atoms with Crippen LogP contribution in [0.5, 0.6) is 5.88 Å². The van der Waals surface area contributed by atoms with Gasteiger partial charge in [0, 0.05) is 16.0 Å². The van der Waals surface area contributed by atoms with Gasteiger partial charge in [0.2, 0.25) is 5.88 Å². The lowest BCUT2D eigenvalue weighted by atomic mass is 9.88. The van der Waals surface area contributed by atoms with Crippen molar-refractivity contribution in [3.05, 3.63) is 50.0 Å². The minimum atomic E-state index is -1.29. The second-order valence-corrected chi connectivity index (χ2v) is 7.72. The van der Waals surface area contributed by atoms with Crippen LogP contribution in [-0.2, 0) is 4.79 Å². The number of amides is 1. The Morgan fingerprint density at radius 1 is 1.14 bits per heavy atom. The lowest BCUT2D eigenvalue weighted by Crippen LogP contribution is -2.37. The van der Waals surface area contributed by atoms with Crippen LogP contribution < -0.4 is 10.9 Å². The van der Waals surface area contributed by atoms with Crippen LogP contribution in [0, 0.1) is 0 Å². The maximum absolute atomic E-state index is 13.2. The van der Waals surface area contributed by atoms with Gasteiger partial charge in [0.05, 0.1) is 5.69 Å². The van der Waals surface area contributed by atoms with Gasteiger partial charge in [-0.3, -0.25) is 19.0 Å². The number of nitrogens with zero attached hydrogens (tertiary/aromatic N) is 2. The first-order chi connectivity index (χ1) is 13.8. The van der Waals surface area contributed by atoms with Crippen LogP contribution >= 0.6 is 23.2 Å². The van der Waals surface area contributed by atoms with Crippen LogP contribution in [0.3, 0.4) is 0 Å². The van der Waals surface area contributed by atoms with Gasteiger partial charge in [0.25, 0.3) is 11.5 Å². The van der Waals surface area contributed by atoms with Gasteiger partial charge in [-0.15, -0.1) is 0 Å². The Balaban J connectivity index is 2.20. The largest absolute Gasteiger partial charge is 0.493 e. The summed E-state index contributed by atoms with van der Waals surface area (Å²) >= 11 is 12.2. The second-order valence-electron chi connectivity index (χ2n) is 6.85. The summed E-state index contributed by atoms with van der Waals surface area (Å²) in [7, 11) is 0. The third kappa shape index (κ3) is 4.71. The van der Waals surface area contributed by atoms with Crippen LogP contribution in [0.1, 0.15) is 54.2 Å². The predicted octanol–water partition coefficient (Wildman–Crippen LogP) is 3.11. The number of carboxylic acids is 1. The normalized spacial score (nSPS) is 14.6. The van der Waals surface area contributed by atoms with Crippen LogP contribution in [0.4, 0.5) is 0 Å². The van der Waals surface area contributed by atoms with Gasteiger partial charge in [0.15, 0.2) is 5.56 Å². The Morgan fingerprint density at radius 3 is 2.34 bits per heavy atom. The molecule has 1 saturated carbocycles. The number of aliphatic carboxylic acids is 1. The van der Waals surface area contributed by atoms with Crippen molar-refractivity contribution in [2.45, 2.75) is 38.0 Å². The van der Waals surface area contributed by atoms with Crippen LogP contribution in [0.25, 0.3) is 5.69 Å². The molecule has 0 unspecified atom stereocenters. The average Bonchev–Trinajstić information content (AvgIpc) is 2.65. The van der Waals surface area contributed by atoms with Crippen molar-refractivity contribution in [1.29, 1.82) is 0 Å². The highest BCUT2D eigenvalue weighted by Gasteiger charge is 2.28. The third-order valence-corrected chi connectivity index (χ3v) is 5.23. The Labute approximate surface area is 176 Å². The molecule has 1 fully saturated rings. The molecule has 0 aliphatic heterocycles. The highest BCUT2D eigenvalue weighted by molar-refractivity contribution is 6.34. The van der Waals surface area contributed by atoms with E-state index in [0.717, 1.165) is 32.1 Å². The molecule has 0 radical (unpaired) electrons. The zero-order valence-electron chi connectivity index (χ0n) is 15.3. The van der Waals surface area contributed by atoms with Gasteiger partial charge in [-0.25, -0.2) is 0 Å². The van der Waals surface area contributed by atoms with Crippen LogP contribution in [0.2, 0.25) is 10.0 Å². The molecule has 8 nitrogen and oxygen atoms in total. The first-order valence-electron chi connectivity index (χ1n) is 9.10. The molecule has 1 aromatic carbocycles. The van der Waals surface area contributed by atoms with Gasteiger partial charge < -0.3 is 15.5 Å². The molecule has 0 spiro atoms. The zero-order valence-corrected chi connectivity index (χ0v) is 16.8. The van der Waals surface area contributed by atoms with Gasteiger partial charge >= 0.3 is 5.97 Å². The fourth-order valence-electron chi connectivity index (χ4n) is 3.52. The molecule has 10 heteroatoms. The Kier molecular flexibility index (Phi) is 6.44. The van der Waals surface area contributed by atoms with Gasteiger partial charge in [-0.05, 0) is 31.0 Å². The van der Waals surface area contributed by atoms with E-state index < -0.39 is 35.4 Å². The Bertz CT molecular complexity index is 995. The van der Waals surface area contributed by atoms with E-state index in [9.17, 15) is 19.5 Å². The molecule has 1 aliphatic rings. The SMILES string of the molecule is O=C(O)CNC(=O)c1c(O)nc(C2CCCCC2)n(-c2cc(Cl)cc(Cl)c2)c1=O. The molecule has 154 valence electrons. The van der Waals surface area contributed by atoms with Crippen molar-refractivity contribution in [2.75, 3.05) is 6.54 Å². The van der Waals surface area contributed by atoms with E-state index >= 15 is 0 Å². The molecule has 1 amide bonds. The maximum Gasteiger partial charge on any atom is 0.322 e. The van der Waals surface area contributed by atoms with Gasteiger partial charge in [-0.1, -0.05) is 42.5 Å². The molecule has 3 rings (SSSR count). The van der Waals surface area contributed by atoms with Crippen molar-refractivity contribution in [2.24, 2.45) is 0 Å².